The number of amides is 1. The number of aryl methyl sites for hydroxylation is 1. The van der Waals surface area contributed by atoms with Crippen LogP contribution in [0.1, 0.15) is 31.5 Å². The normalized spacial score (nSPS) is 10.7. The van der Waals surface area contributed by atoms with Crippen LogP contribution in [0.5, 0.6) is 5.75 Å². The third kappa shape index (κ3) is 6.13. The summed E-state index contributed by atoms with van der Waals surface area (Å²) >= 11 is 0. The van der Waals surface area contributed by atoms with E-state index in [4.69, 9.17) is 9.72 Å². The zero-order valence-electron chi connectivity index (χ0n) is 19.6. The number of unbranched alkanes of at least 4 members (excludes halogenated alkanes) is 3. The van der Waals surface area contributed by atoms with Crippen molar-refractivity contribution in [2.24, 2.45) is 0 Å². The molecular weight excluding hydrogens is 422 g/mol. The quantitative estimate of drug-likeness (QED) is 0.266. The molecular formula is C29H31N3O2. The molecule has 0 fully saturated rings. The van der Waals surface area contributed by atoms with E-state index >= 15 is 0 Å². The first-order valence-electron chi connectivity index (χ1n) is 11.9. The van der Waals surface area contributed by atoms with Crippen molar-refractivity contribution in [2.75, 3.05) is 6.54 Å². The number of carbonyl (C=O) groups excluding carboxylic acids is 1. The fourth-order valence-corrected chi connectivity index (χ4v) is 4.09. The largest absolute Gasteiger partial charge is 0.412 e. The van der Waals surface area contributed by atoms with Crippen LogP contribution in [-0.2, 0) is 6.54 Å². The van der Waals surface area contributed by atoms with Gasteiger partial charge in [0.05, 0.1) is 11.4 Å². The van der Waals surface area contributed by atoms with Gasteiger partial charge >= 0.3 is 6.09 Å². The van der Waals surface area contributed by atoms with E-state index in [1.165, 1.54) is 11.3 Å². The van der Waals surface area contributed by atoms with Crippen molar-refractivity contribution >= 4 is 6.09 Å². The number of hydrogen-bond donors (Lipinski definition) is 1. The molecule has 0 aliphatic carbocycles. The van der Waals surface area contributed by atoms with E-state index in [9.17, 15) is 4.79 Å². The average molecular weight is 454 g/mol. The van der Waals surface area contributed by atoms with E-state index in [-0.39, 0.29) is 0 Å². The highest BCUT2D eigenvalue weighted by atomic mass is 16.6. The Bertz CT molecular complexity index is 1170. The minimum Gasteiger partial charge on any atom is -0.410 e. The van der Waals surface area contributed by atoms with E-state index in [2.05, 4.69) is 65.3 Å². The van der Waals surface area contributed by atoms with Gasteiger partial charge in [0.15, 0.2) is 0 Å². The van der Waals surface area contributed by atoms with Crippen molar-refractivity contribution in [1.29, 1.82) is 0 Å². The summed E-state index contributed by atoms with van der Waals surface area (Å²) < 4.78 is 7.59. The summed E-state index contributed by atoms with van der Waals surface area (Å²) in [5, 5.41) is 2.82. The topological polar surface area (TPSA) is 56.2 Å². The van der Waals surface area contributed by atoms with E-state index in [0.717, 1.165) is 49.3 Å². The summed E-state index contributed by atoms with van der Waals surface area (Å²) in [4.78, 5) is 16.8. The lowest BCUT2D eigenvalue weighted by molar-refractivity contribution is 0.200. The number of aromatic nitrogens is 2. The van der Waals surface area contributed by atoms with Crippen LogP contribution in [0.15, 0.2) is 91.0 Å². The van der Waals surface area contributed by atoms with Gasteiger partial charge in [-0.25, -0.2) is 9.78 Å². The number of nitrogens with one attached hydrogen (secondary N) is 1. The Labute approximate surface area is 201 Å². The van der Waals surface area contributed by atoms with Crippen LogP contribution in [-0.4, -0.2) is 22.2 Å². The van der Waals surface area contributed by atoms with Gasteiger partial charge in [0.25, 0.3) is 0 Å². The van der Waals surface area contributed by atoms with E-state index in [1.54, 1.807) is 12.1 Å². The van der Waals surface area contributed by atoms with Crippen LogP contribution in [0.3, 0.4) is 0 Å². The third-order valence-corrected chi connectivity index (χ3v) is 5.78. The highest BCUT2D eigenvalue weighted by Crippen LogP contribution is 2.33. The number of carbonyl (C=O) groups is 1. The standard InChI is InChI=1S/C29H31N3O2/c1-23-31-27(24-15-7-4-8-16-24)28(25-17-9-5-10-18-25)32(23)22-14-3-2-13-21-30-29(33)34-26-19-11-6-12-20-26/h4-12,15-20H,2-3,13-14,21-22H2,1H3,(H,30,33). The maximum atomic E-state index is 11.9. The smallest absolute Gasteiger partial charge is 0.410 e. The van der Waals surface area contributed by atoms with Crippen LogP contribution >= 0.6 is 0 Å². The zero-order valence-corrected chi connectivity index (χ0v) is 19.6. The molecule has 0 aliphatic rings. The van der Waals surface area contributed by atoms with Crippen molar-refractivity contribution in [3.8, 4) is 28.3 Å². The number of imidazole rings is 1. The lowest BCUT2D eigenvalue weighted by atomic mass is 10.0. The SMILES string of the molecule is Cc1nc(-c2ccccc2)c(-c2ccccc2)n1CCCCCCNC(=O)Oc1ccccc1. The third-order valence-electron chi connectivity index (χ3n) is 5.78. The highest BCUT2D eigenvalue weighted by molar-refractivity contribution is 5.79. The van der Waals surface area contributed by atoms with Gasteiger partial charge < -0.3 is 14.6 Å². The molecule has 174 valence electrons. The number of hydrogen-bond acceptors (Lipinski definition) is 3. The minimum atomic E-state index is -0.402. The Kier molecular flexibility index (Phi) is 8.12. The Balaban J connectivity index is 1.30. The van der Waals surface area contributed by atoms with Crippen molar-refractivity contribution in [3.63, 3.8) is 0 Å². The van der Waals surface area contributed by atoms with Gasteiger partial charge in [0, 0.05) is 24.2 Å². The first kappa shape index (κ1) is 23.3. The Morgan fingerprint density at radius 3 is 2.06 bits per heavy atom. The molecule has 0 spiro atoms. The predicted molar refractivity (Wildman–Crippen MR) is 137 cm³/mol. The van der Waals surface area contributed by atoms with E-state index in [0.29, 0.717) is 12.3 Å². The van der Waals surface area contributed by atoms with Crippen molar-refractivity contribution in [1.82, 2.24) is 14.9 Å². The van der Waals surface area contributed by atoms with E-state index < -0.39 is 6.09 Å². The zero-order chi connectivity index (χ0) is 23.6. The van der Waals surface area contributed by atoms with Gasteiger partial charge in [0.1, 0.15) is 11.6 Å². The fraction of sp³-hybridized carbons (Fsp3) is 0.241. The number of nitrogens with zero attached hydrogens (tertiary/aromatic N) is 2. The highest BCUT2D eigenvalue weighted by Gasteiger charge is 2.17. The van der Waals surface area contributed by atoms with Crippen molar-refractivity contribution in [3.05, 3.63) is 96.8 Å². The second-order valence-electron chi connectivity index (χ2n) is 8.28. The molecule has 4 aromatic rings. The molecule has 1 heterocycles. The molecule has 4 rings (SSSR count). The van der Waals surface area contributed by atoms with Gasteiger partial charge in [-0.2, -0.15) is 0 Å². The predicted octanol–water partition coefficient (Wildman–Crippen LogP) is 6.87. The van der Waals surface area contributed by atoms with Crippen LogP contribution < -0.4 is 10.1 Å². The second kappa shape index (κ2) is 11.8. The van der Waals surface area contributed by atoms with Crippen LogP contribution in [0.4, 0.5) is 4.79 Å². The average Bonchev–Trinajstić information content (AvgIpc) is 3.21. The van der Waals surface area contributed by atoms with Gasteiger partial charge in [-0.1, -0.05) is 91.7 Å². The first-order chi connectivity index (χ1) is 16.7. The number of rotatable bonds is 10. The maximum Gasteiger partial charge on any atom is 0.412 e. The second-order valence-corrected chi connectivity index (χ2v) is 8.28. The Morgan fingerprint density at radius 1 is 0.794 bits per heavy atom. The lowest BCUT2D eigenvalue weighted by Gasteiger charge is -2.12. The number of ether oxygens (including phenoxy) is 1. The molecule has 3 aromatic carbocycles. The Hall–Kier alpha value is -3.86. The molecule has 0 saturated heterocycles. The summed E-state index contributed by atoms with van der Waals surface area (Å²) in [6.07, 6.45) is 3.71. The molecule has 0 aliphatic heterocycles. The molecule has 1 N–H and O–H groups in total. The molecule has 1 amide bonds. The van der Waals surface area contributed by atoms with Crippen LogP contribution in [0, 0.1) is 6.92 Å². The number of para-hydroxylation sites is 1. The van der Waals surface area contributed by atoms with Gasteiger partial charge in [-0.15, -0.1) is 0 Å². The lowest BCUT2D eigenvalue weighted by Crippen LogP contribution is -2.27. The summed E-state index contributed by atoms with van der Waals surface area (Å²) in [5.74, 6) is 1.59. The van der Waals surface area contributed by atoms with Gasteiger partial charge in [-0.05, 0) is 31.9 Å². The summed E-state index contributed by atoms with van der Waals surface area (Å²) in [6.45, 7) is 3.61. The van der Waals surface area contributed by atoms with Crippen molar-refractivity contribution in [2.45, 2.75) is 39.2 Å². The van der Waals surface area contributed by atoms with Crippen LogP contribution in [0.25, 0.3) is 22.5 Å². The monoisotopic (exact) mass is 453 g/mol. The van der Waals surface area contributed by atoms with Crippen molar-refractivity contribution < 1.29 is 9.53 Å². The summed E-state index contributed by atoms with van der Waals surface area (Å²) in [7, 11) is 0. The molecule has 0 atom stereocenters. The molecule has 0 unspecified atom stereocenters. The number of benzene rings is 3. The fourth-order valence-electron chi connectivity index (χ4n) is 4.09. The van der Waals surface area contributed by atoms with Gasteiger partial charge in [-0.3, -0.25) is 0 Å². The van der Waals surface area contributed by atoms with Gasteiger partial charge in [0.2, 0.25) is 0 Å². The molecule has 0 bridgehead atoms. The molecule has 1 aromatic heterocycles. The molecule has 5 nitrogen and oxygen atoms in total. The molecule has 0 saturated carbocycles. The first-order valence-corrected chi connectivity index (χ1v) is 11.9. The molecule has 0 radical (unpaired) electrons. The minimum absolute atomic E-state index is 0.402. The van der Waals surface area contributed by atoms with E-state index in [1.807, 2.05) is 30.3 Å². The molecule has 5 heteroatoms. The van der Waals surface area contributed by atoms with Crippen LogP contribution in [0.2, 0.25) is 0 Å². The maximum absolute atomic E-state index is 11.9. The Morgan fingerprint density at radius 2 is 1.38 bits per heavy atom. The summed E-state index contributed by atoms with van der Waals surface area (Å²) in [6, 6.07) is 30.0. The molecule has 34 heavy (non-hydrogen) atoms. The summed E-state index contributed by atoms with van der Waals surface area (Å²) in [5.41, 5.74) is 4.53.